The number of hydrogen-bond donors (Lipinski definition) is 1. The Balaban J connectivity index is 1.35. The minimum Gasteiger partial charge on any atom is -0.461 e. The Morgan fingerprint density at radius 1 is 0.800 bits per heavy atom. The monoisotopic (exact) mass is 592 g/mol. The average molecular weight is 593 g/mol. The number of carbonyl (C=O) groups is 3. The van der Waals surface area contributed by atoms with E-state index in [1.54, 1.807) is 12.1 Å². The predicted molar refractivity (Wildman–Crippen MR) is 170 cm³/mol. The molecule has 3 aliphatic rings. The first kappa shape index (κ1) is 26.9. The first-order valence-electron chi connectivity index (χ1n) is 14.9. The Bertz CT molecular complexity index is 1910. The number of nitrogens with zero attached hydrogens (tertiary/aromatic N) is 1. The summed E-state index contributed by atoms with van der Waals surface area (Å²) < 4.78 is 12.1. The summed E-state index contributed by atoms with van der Waals surface area (Å²) in [5, 5.41) is 3.04. The van der Waals surface area contributed by atoms with E-state index in [9.17, 15) is 9.59 Å². The SMILES string of the molecule is O=C(c1ccco1)[C@@H]1[C@H](C(=O)OC(c2ccccc2)c2ccccc2)[C@]2(C(=O)Nc3ccccc32)[C@H]2C=Cc3ccccc3N12. The third-order valence-corrected chi connectivity index (χ3v) is 9.27. The molecule has 4 heterocycles. The normalized spacial score (nSPS) is 22.6. The summed E-state index contributed by atoms with van der Waals surface area (Å²) in [6.07, 6.45) is 4.57. The van der Waals surface area contributed by atoms with Crippen LogP contribution in [0.25, 0.3) is 6.08 Å². The van der Waals surface area contributed by atoms with Gasteiger partial charge in [-0.2, -0.15) is 0 Å². The van der Waals surface area contributed by atoms with Gasteiger partial charge in [0.15, 0.2) is 11.9 Å². The van der Waals surface area contributed by atoms with Crippen molar-refractivity contribution < 1.29 is 23.5 Å². The van der Waals surface area contributed by atoms with E-state index in [-0.39, 0.29) is 11.7 Å². The first-order valence-corrected chi connectivity index (χ1v) is 14.9. The summed E-state index contributed by atoms with van der Waals surface area (Å²) >= 11 is 0. The summed E-state index contributed by atoms with van der Waals surface area (Å²) in [5.74, 6) is -2.52. The number of esters is 1. The number of anilines is 2. The molecular formula is C38H28N2O5. The lowest BCUT2D eigenvalue weighted by atomic mass is 9.66. The standard InChI is InChI=1S/C38H28N2O5/c41-34(30-20-11-23-44-30)33-32(36(42)45-35(25-13-3-1-4-14-25)26-15-5-2-6-16-26)38(27-17-8-9-18-28(27)39-37(38)43)31-22-21-24-12-7-10-19-29(24)40(31)33/h1-23,31-33,35H,(H,39,43)/t31-,32-,33+,38-/m1/s1. The highest BCUT2D eigenvalue weighted by Crippen LogP contribution is 2.58. The van der Waals surface area contributed by atoms with Crippen LogP contribution in [0.5, 0.6) is 0 Å². The minimum atomic E-state index is -1.47. The second kappa shape index (κ2) is 10.5. The molecule has 1 N–H and O–H groups in total. The summed E-state index contributed by atoms with van der Waals surface area (Å²) in [6, 6.07) is 35.5. The van der Waals surface area contributed by atoms with Gasteiger partial charge < -0.3 is 19.4 Å². The quantitative estimate of drug-likeness (QED) is 0.177. The molecule has 1 amide bonds. The highest BCUT2D eigenvalue weighted by atomic mass is 16.5. The number of fused-ring (bicyclic) bond motifs is 6. The maximum Gasteiger partial charge on any atom is 0.314 e. The summed E-state index contributed by atoms with van der Waals surface area (Å²) in [4.78, 5) is 46.0. The van der Waals surface area contributed by atoms with Gasteiger partial charge in [0, 0.05) is 11.4 Å². The largest absolute Gasteiger partial charge is 0.461 e. The number of ether oxygens (including phenoxy) is 1. The van der Waals surface area contributed by atoms with E-state index in [1.165, 1.54) is 6.26 Å². The number of hydrogen-bond acceptors (Lipinski definition) is 6. The van der Waals surface area contributed by atoms with E-state index in [4.69, 9.17) is 9.15 Å². The molecule has 0 unspecified atom stereocenters. The molecule has 4 atom stereocenters. The second-order valence-electron chi connectivity index (χ2n) is 11.5. The van der Waals surface area contributed by atoms with E-state index >= 15 is 4.79 Å². The number of para-hydroxylation sites is 2. The number of rotatable bonds is 6. The fourth-order valence-electron chi connectivity index (χ4n) is 7.42. The molecule has 3 aliphatic heterocycles. The van der Waals surface area contributed by atoms with Crippen molar-refractivity contribution in [2.45, 2.75) is 23.6 Å². The molecule has 1 fully saturated rings. The second-order valence-corrected chi connectivity index (χ2v) is 11.5. The van der Waals surface area contributed by atoms with Crippen LogP contribution in [0.3, 0.4) is 0 Å². The molecule has 0 aliphatic carbocycles. The van der Waals surface area contributed by atoms with Crippen molar-refractivity contribution in [1.82, 2.24) is 0 Å². The molecule has 8 rings (SSSR count). The number of benzene rings is 4. The van der Waals surface area contributed by atoms with Crippen molar-refractivity contribution in [2.75, 3.05) is 10.2 Å². The molecule has 45 heavy (non-hydrogen) atoms. The van der Waals surface area contributed by atoms with Crippen molar-refractivity contribution in [3.05, 3.63) is 162 Å². The number of amides is 1. The molecule has 7 nitrogen and oxygen atoms in total. The molecule has 7 heteroatoms. The Morgan fingerprint density at radius 3 is 2.18 bits per heavy atom. The van der Waals surface area contributed by atoms with Crippen LogP contribution in [-0.4, -0.2) is 29.7 Å². The van der Waals surface area contributed by atoms with Gasteiger partial charge in [-0.1, -0.05) is 109 Å². The lowest BCUT2D eigenvalue weighted by molar-refractivity contribution is -0.156. The number of carbonyl (C=O) groups excluding carboxylic acids is 3. The van der Waals surface area contributed by atoms with E-state index in [0.717, 1.165) is 22.4 Å². The molecule has 1 spiro atoms. The maximum atomic E-state index is 15.0. The maximum absolute atomic E-state index is 15.0. The van der Waals surface area contributed by atoms with Gasteiger partial charge in [0.25, 0.3) is 0 Å². The van der Waals surface area contributed by atoms with Gasteiger partial charge in [0.2, 0.25) is 11.7 Å². The van der Waals surface area contributed by atoms with Crippen LogP contribution in [-0.2, 0) is 19.7 Å². The first-order chi connectivity index (χ1) is 22.1. The van der Waals surface area contributed by atoms with Gasteiger partial charge in [-0.3, -0.25) is 14.4 Å². The van der Waals surface area contributed by atoms with E-state index in [1.807, 2.05) is 126 Å². The molecule has 4 aromatic carbocycles. The predicted octanol–water partition coefficient (Wildman–Crippen LogP) is 6.59. The van der Waals surface area contributed by atoms with Crippen LogP contribution in [0.15, 0.2) is 138 Å². The van der Waals surface area contributed by atoms with Crippen LogP contribution in [0.1, 0.15) is 38.9 Å². The summed E-state index contributed by atoms with van der Waals surface area (Å²) in [6.45, 7) is 0. The van der Waals surface area contributed by atoms with Crippen molar-refractivity contribution in [1.29, 1.82) is 0 Å². The smallest absolute Gasteiger partial charge is 0.314 e. The lowest BCUT2D eigenvalue weighted by Crippen LogP contribution is -2.51. The van der Waals surface area contributed by atoms with Gasteiger partial charge >= 0.3 is 5.97 Å². The Kier molecular flexibility index (Phi) is 6.27. The summed E-state index contributed by atoms with van der Waals surface area (Å²) in [5.41, 5.74) is 2.98. The van der Waals surface area contributed by atoms with Crippen molar-refractivity contribution in [3.8, 4) is 0 Å². The molecule has 220 valence electrons. The zero-order valence-electron chi connectivity index (χ0n) is 24.1. The van der Waals surface area contributed by atoms with Gasteiger partial charge in [0.1, 0.15) is 17.4 Å². The average Bonchev–Trinajstić information content (AvgIpc) is 3.81. The summed E-state index contributed by atoms with van der Waals surface area (Å²) in [7, 11) is 0. The van der Waals surface area contributed by atoms with E-state index in [2.05, 4.69) is 5.32 Å². The van der Waals surface area contributed by atoms with Crippen LogP contribution >= 0.6 is 0 Å². The number of Topliss-reactive ketones (excluding diaryl/α,β-unsaturated/α-hetero) is 1. The molecule has 0 radical (unpaired) electrons. The zero-order chi connectivity index (χ0) is 30.5. The minimum absolute atomic E-state index is 0.106. The highest BCUT2D eigenvalue weighted by molar-refractivity contribution is 6.15. The van der Waals surface area contributed by atoms with Gasteiger partial charge in [0.05, 0.1) is 12.3 Å². The Hall–Kier alpha value is -5.69. The van der Waals surface area contributed by atoms with Crippen molar-refractivity contribution >= 4 is 35.1 Å². The zero-order valence-corrected chi connectivity index (χ0v) is 24.1. The molecule has 0 bridgehead atoms. The molecule has 1 aromatic heterocycles. The topological polar surface area (TPSA) is 88.9 Å². The lowest BCUT2D eigenvalue weighted by Gasteiger charge is -2.37. The number of nitrogens with one attached hydrogen (secondary N) is 1. The molecule has 0 saturated carbocycles. The van der Waals surface area contributed by atoms with Gasteiger partial charge in [-0.15, -0.1) is 0 Å². The van der Waals surface area contributed by atoms with Gasteiger partial charge in [-0.25, -0.2) is 0 Å². The van der Waals surface area contributed by atoms with Crippen LogP contribution < -0.4 is 10.2 Å². The molecule has 1 saturated heterocycles. The molecular weight excluding hydrogens is 564 g/mol. The Labute approximate surface area is 259 Å². The molecule has 5 aromatic rings. The number of ketones is 1. The third-order valence-electron chi connectivity index (χ3n) is 9.27. The van der Waals surface area contributed by atoms with Crippen LogP contribution in [0, 0.1) is 5.92 Å². The van der Waals surface area contributed by atoms with Crippen molar-refractivity contribution in [3.63, 3.8) is 0 Å². The third kappa shape index (κ3) is 4.00. The van der Waals surface area contributed by atoms with E-state index in [0.29, 0.717) is 11.3 Å². The van der Waals surface area contributed by atoms with Gasteiger partial charge in [-0.05, 0) is 46.5 Å². The fourth-order valence-corrected chi connectivity index (χ4v) is 7.42. The Morgan fingerprint density at radius 2 is 1.47 bits per heavy atom. The highest BCUT2D eigenvalue weighted by Gasteiger charge is 2.71. The van der Waals surface area contributed by atoms with Crippen LogP contribution in [0.2, 0.25) is 0 Å². The fraction of sp³-hybridized carbons (Fsp3) is 0.132. The number of furan rings is 1. The van der Waals surface area contributed by atoms with Crippen molar-refractivity contribution in [2.24, 2.45) is 5.92 Å². The van der Waals surface area contributed by atoms with Crippen LogP contribution in [0.4, 0.5) is 11.4 Å². The van der Waals surface area contributed by atoms with E-state index < -0.39 is 41.3 Å².